The Hall–Kier alpha value is -1.67. The largest absolute Gasteiger partial charge is 0.463 e. The van der Waals surface area contributed by atoms with Gasteiger partial charge in [0.15, 0.2) is 12.2 Å². The fraction of sp³-hybridized carbons (Fsp3) is 0.786. The van der Waals surface area contributed by atoms with Crippen molar-refractivity contribution < 1.29 is 38.1 Å². The zero-order valence-electron chi connectivity index (χ0n) is 13.4. The Morgan fingerprint density at radius 3 is 1.91 bits per heavy atom. The number of methoxy groups -OCH3 is 1. The standard InChI is InChI=1S/C14H22O8/c1-7-12(21-9(3)16)14(22-10(4)17)13(18-5)11(20-7)6-19-8(2)15/h7,11-14H,6H2,1-5H3/t7-,11+,12-,13+,14+/m0/s1. The van der Waals surface area contributed by atoms with E-state index in [1.807, 2.05) is 0 Å². The summed E-state index contributed by atoms with van der Waals surface area (Å²) in [5.41, 5.74) is 0. The van der Waals surface area contributed by atoms with E-state index in [0.717, 1.165) is 0 Å². The van der Waals surface area contributed by atoms with Crippen LogP contribution in [0.2, 0.25) is 0 Å². The summed E-state index contributed by atoms with van der Waals surface area (Å²) in [6.07, 6.45) is -3.58. The number of carbonyl (C=O) groups is 3. The van der Waals surface area contributed by atoms with Crippen LogP contribution in [0.5, 0.6) is 0 Å². The third-order valence-electron chi connectivity index (χ3n) is 3.19. The van der Waals surface area contributed by atoms with Gasteiger partial charge < -0.3 is 23.7 Å². The van der Waals surface area contributed by atoms with Gasteiger partial charge in [-0.2, -0.15) is 0 Å². The molecule has 0 spiro atoms. The highest BCUT2D eigenvalue weighted by molar-refractivity contribution is 5.67. The summed E-state index contributed by atoms with van der Waals surface area (Å²) in [5.74, 6) is -1.52. The first-order valence-electron chi connectivity index (χ1n) is 6.92. The number of rotatable bonds is 5. The molecule has 126 valence electrons. The smallest absolute Gasteiger partial charge is 0.303 e. The van der Waals surface area contributed by atoms with Gasteiger partial charge in [-0.1, -0.05) is 0 Å². The minimum absolute atomic E-state index is 0.0528. The molecule has 0 radical (unpaired) electrons. The third kappa shape index (κ3) is 4.96. The van der Waals surface area contributed by atoms with Crippen molar-refractivity contribution >= 4 is 17.9 Å². The molecule has 1 fully saturated rings. The molecule has 0 N–H and O–H groups in total. The van der Waals surface area contributed by atoms with Gasteiger partial charge in [0.1, 0.15) is 18.8 Å². The lowest BCUT2D eigenvalue weighted by Gasteiger charge is -2.43. The van der Waals surface area contributed by atoms with Gasteiger partial charge >= 0.3 is 17.9 Å². The predicted molar refractivity (Wildman–Crippen MR) is 72.9 cm³/mol. The van der Waals surface area contributed by atoms with Crippen LogP contribution in [-0.2, 0) is 38.1 Å². The summed E-state index contributed by atoms with van der Waals surface area (Å²) in [4.78, 5) is 33.6. The van der Waals surface area contributed by atoms with E-state index in [-0.39, 0.29) is 6.61 Å². The normalized spacial score (nSPS) is 31.2. The van der Waals surface area contributed by atoms with Gasteiger partial charge in [-0.3, -0.25) is 14.4 Å². The molecular weight excluding hydrogens is 296 g/mol. The molecule has 0 aliphatic carbocycles. The molecule has 1 aliphatic rings. The van der Waals surface area contributed by atoms with Crippen LogP contribution in [0, 0.1) is 0 Å². The second kappa shape index (κ2) is 8.09. The SMILES string of the molecule is CO[C@H]1[C@H](OC(C)=O)[C@@H](OC(C)=O)[C@H](C)O[C@@H]1COC(C)=O. The summed E-state index contributed by atoms with van der Waals surface area (Å²) in [6, 6.07) is 0. The highest BCUT2D eigenvalue weighted by atomic mass is 16.6. The number of ether oxygens (including phenoxy) is 5. The third-order valence-corrected chi connectivity index (χ3v) is 3.19. The Labute approximate surface area is 129 Å². The molecule has 8 nitrogen and oxygen atoms in total. The van der Waals surface area contributed by atoms with E-state index in [2.05, 4.69) is 0 Å². The van der Waals surface area contributed by atoms with Crippen LogP contribution < -0.4 is 0 Å². The summed E-state index contributed by atoms with van der Waals surface area (Å²) in [6.45, 7) is 5.40. The zero-order chi connectivity index (χ0) is 16.9. The molecule has 8 heteroatoms. The van der Waals surface area contributed by atoms with Crippen LogP contribution in [0.15, 0.2) is 0 Å². The highest BCUT2D eigenvalue weighted by Crippen LogP contribution is 2.28. The maximum absolute atomic E-state index is 11.3. The minimum Gasteiger partial charge on any atom is -0.463 e. The van der Waals surface area contributed by atoms with E-state index in [1.165, 1.54) is 27.9 Å². The van der Waals surface area contributed by atoms with Gasteiger partial charge in [0.25, 0.3) is 0 Å². The monoisotopic (exact) mass is 318 g/mol. The molecule has 0 bridgehead atoms. The lowest BCUT2D eigenvalue weighted by Crippen LogP contribution is -2.61. The maximum atomic E-state index is 11.3. The van der Waals surface area contributed by atoms with E-state index in [4.69, 9.17) is 23.7 Å². The van der Waals surface area contributed by atoms with Crippen molar-refractivity contribution in [1.29, 1.82) is 0 Å². The van der Waals surface area contributed by atoms with Crippen molar-refractivity contribution in [2.45, 2.75) is 58.2 Å². The van der Waals surface area contributed by atoms with Crippen LogP contribution in [0.3, 0.4) is 0 Å². The van der Waals surface area contributed by atoms with Crippen molar-refractivity contribution in [1.82, 2.24) is 0 Å². The van der Waals surface area contributed by atoms with Gasteiger partial charge in [-0.25, -0.2) is 0 Å². The lowest BCUT2D eigenvalue weighted by molar-refractivity contribution is -0.248. The Morgan fingerprint density at radius 1 is 0.909 bits per heavy atom. The lowest BCUT2D eigenvalue weighted by atomic mass is 9.95. The topological polar surface area (TPSA) is 97.4 Å². The summed E-state index contributed by atoms with van der Waals surface area (Å²) >= 11 is 0. The molecule has 1 heterocycles. The molecule has 1 aliphatic heterocycles. The summed E-state index contributed by atoms with van der Waals surface area (Å²) < 4.78 is 26.4. The van der Waals surface area contributed by atoms with Crippen molar-refractivity contribution in [2.75, 3.05) is 13.7 Å². The molecule has 0 aromatic carbocycles. The Balaban J connectivity index is 2.96. The van der Waals surface area contributed by atoms with E-state index in [9.17, 15) is 14.4 Å². The molecule has 0 aromatic heterocycles. The summed E-state index contributed by atoms with van der Waals surface area (Å²) in [7, 11) is 1.41. The van der Waals surface area contributed by atoms with Crippen LogP contribution in [0.25, 0.3) is 0 Å². The predicted octanol–water partition coefficient (Wildman–Crippen LogP) is 0.215. The van der Waals surface area contributed by atoms with Gasteiger partial charge in [0, 0.05) is 27.9 Å². The van der Waals surface area contributed by atoms with Crippen molar-refractivity contribution in [3.8, 4) is 0 Å². The Morgan fingerprint density at radius 2 is 1.45 bits per heavy atom. The average molecular weight is 318 g/mol. The molecule has 22 heavy (non-hydrogen) atoms. The number of hydrogen-bond donors (Lipinski definition) is 0. The van der Waals surface area contributed by atoms with Crippen LogP contribution >= 0.6 is 0 Å². The van der Waals surface area contributed by atoms with Gasteiger partial charge in [-0.15, -0.1) is 0 Å². The number of carbonyl (C=O) groups excluding carboxylic acids is 3. The van der Waals surface area contributed by atoms with E-state index >= 15 is 0 Å². The van der Waals surface area contributed by atoms with E-state index in [1.54, 1.807) is 6.92 Å². The second-order valence-electron chi connectivity index (χ2n) is 5.03. The first-order chi connectivity index (χ1) is 10.3. The minimum atomic E-state index is -0.851. The fourth-order valence-corrected chi connectivity index (χ4v) is 2.40. The number of esters is 3. The molecular formula is C14H22O8. The van der Waals surface area contributed by atoms with Gasteiger partial charge in [0.05, 0.1) is 6.10 Å². The van der Waals surface area contributed by atoms with E-state index in [0.29, 0.717) is 0 Å². The molecule has 0 saturated carbocycles. The van der Waals surface area contributed by atoms with E-state index < -0.39 is 48.4 Å². The van der Waals surface area contributed by atoms with Crippen molar-refractivity contribution in [3.63, 3.8) is 0 Å². The average Bonchev–Trinajstić information content (AvgIpc) is 2.39. The first kappa shape index (κ1) is 18.4. The molecule has 0 unspecified atom stereocenters. The van der Waals surface area contributed by atoms with Crippen molar-refractivity contribution in [3.05, 3.63) is 0 Å². The van der Waals surface area contributed by atoms with Gasteiger partial charge in [-0.05, 0) is 6.92 Å². The van der Waals surface area contributed by atoms with Gasteiger partial charge in [0.2, 0.25) is 0 Å². The highest BCUT2D eigenvalue weighted by Gasteiger charge is 2.48. The van der Waals surface area contributed by atoms with Crippen LogP contribution in [0.1, 0.15) is 27.7 Å². The van der Waals surface area contributed by atoms with Crippen LogP contribution in [-0.4, -0.2) is 62.1 Å². The fourth-order valence-electron chi connectivity index (χ4n) is 2.40. The molecule has 1 saturated heterocycles. The quantitative estimate of drug-likeness (QED) is 0.524. The second-order valence-corrected chi connectivity index (χ2v) is 5.03. The van der Waals surface area contributed by atoms with Crippen molar-refractivity contribution in [2.24, 2.45) is 0 Å². The molecule has 5 atom stereocenters. The first-order valence-corrected chi connectivity index (χ1v) is 6.92. The molecule has 0 aromatic rings. The Bertz CT molecular complexity index is 421. The summed E-state index contributed by atoms with van der Waals surface area (Å²) in [5, 5.41) is 0. The molecule has 0 amide bonds. The molecule has 1 rings (SSSR count). The Kier molecular flexibility index (Phi) is 6.76. The zero-order valence-corrected chi connectivity index (χ0v) is 13.4. The maximum Gasteiger partial charge on any atom is 0.303 e. The van der Waals surface area contributed by atoms with Crippen LogP contribution in [0.4, 0.5) is 0 Å². The number of hydrogen-bond acceptors (Lipinski definition) is 8.